The Kier molecular flexibility index (Phi) is 2.97. The van der Waals surface area contributed by atoms with Crippen molar-refractivity contribution in [2.75, 3.05) is 0 Å². The molecule has 15 heavy (non-hydrogen) atoms. The van der Waals surface area contributed by atoms with Crippen LogP contribution in [0.25, 0.3) is 0 Å². The summed E-state index contributed by atoms with van der Waals surface area (Å²) in [6.07, 6.45) is 3.70. The quantitative estimate of drug-likeness (QED) is 0.811. The van der Waals surface area contributed by atoms with E-state index in [2.05, 4.69) is 25.4 Å². The number of carbonyl (C=O) groups is 1. The van der Waals surface area contributed by atoms with Crippen LogP contribution in [0.15, 0.2) is 22.9 Å². The van der Waals surface area contributed by atoms with Gasteiger partial charge in [0.25, 0.3) is 0 Å². The first kappa shape index (κ1) is 10.5. The number of rotatable bonds is 3. The van der Waals surface area contributed by atoms with Crippen LogP contribution in [0.3, 0.4) is 0 Å². The number of ketones is 1. The molecule has 0 spiro atoms. The zero-order chi connectivity index (χ0) is 10.8. The van der Waals surface area contributed by atoms with Crippen LogP contribution in [-0.4, -0.2) is 19.9 Å². The second-order valence-corrected chi connectivity index (χ2v) is 4.82. The molecule has 4 nitrogen and oxygen atoms in total. The van der Waals surface area contributed by atoms with Crippen molar-refractivity contribution in [3.8, 4) is 0 Å². The number of aryl methyl sites for hydroxylation is 1. The average molecular weight is 286 g/mol. The van der Waals surface area contributed by atoms with Gasteiger partial charge in [-0.2, -0.15) is 5.10 Å². The SMILES string of the molecule is Cn1ncc(Br)c1C(=O)Cc1ccns1. The van der Waals surface area contributed by atoms with Crippen LogP contribution in [0.5, 0.6) is 0 Å². The lowest BCUT2D eigenvalue weighted by Crippen LogP contribution is -2.09. The van der Waals surface area contributed by atoms with E-state index in [0.717, 1.165) is 9.35 Å². The molecular weight excluding hydrogens is 278 g/mol. The predicted octanol–water partition coefficient (Wildman–Crippen LogP) is 2.06. The summed E-state index contributed by atoms with van der Waals surface area (Å²) in [6, 6.07) is 1.85. The molecule has 2 heterocycles. The van der Waals surface area contributed by atoms with Crippen LogP contribution >= 0.6 is 27.5 Å². The van der Waals surface area contributed by atoms with E-state index in [4.69, 9.17) is 0 Å². The number of nitrogens with zero attached hydrogens (tertiary/aromatic N) is 3. The molecule has 2 aromatic rings. The molecule has 0 aliphatic carbocycles. The maximum atomic E-state index is 11.9. The Morgan fingerprint density at radius 1 is 1.67 bits per heavy atom. The minimum Gasteiger partial charge on any atom is -0.292 e. The first-order chi connectivity index (χ1) is 7.18. The van der Waals surface area contributed by atoms with Gasteiger partial charge >= 0.3 is 0 Å². The molecule has 78 valence electrons. The van der Waals surface area contributed by atoms with Gasteiger partial charge < -0.3 is 0 Å². The van der Waals surface area contributed by atoms with E-state index in [1.807, 2.05) is 6.07 Å². The lowest BCUT2D eigenvalue weighted by atomic mass is 10.2. The van der Waals surface area contributed by atoms with Crippen molar-refractivity contribution in [2.24, 2.45) is 7.05 Å². The molecule has 0 saturated heterocycles. The van der Waals surface area contributed by atoms with Crippen molar-refractivity contribution in [2.45, 2.75) is 6.42 Å². The lowest BCUT2D eigenvalue weighted by molar-refractivity contribution is 0.0984. The van der Waals surface area contributed by atoms with Gasteiger partial charge in [-0.15, -0.1) is 0 Å². The van der Waals surface area contributed by atoms with Gasteiger partial charge in [0.15, 0.2) is 5.78 Å². The Labute approximate surface area is 99.2 Å². The zero-order valence-corrected chi connectivity index (χ0v) is 10.4. The fourth-order valence-electron chi connectivity index (χ4n) is 1.30. The Morgan fingerprint density at radius 3 is 3.00 bits per heavy atom. The van der Waals surface area contributed by atoms with E-state index < -0.39 is 0 Å². The molecule has 2 aromatic heterocycles. The summed E-state index contributed by atoms with van der Waals surface area (Å²) >= 11 is 4.65. The fourth-order valence-corrected chi connectivity index (χ4v) is 2.44. The number of halogens is 1. The van der Waals surface area contributed by atoms with E-state index in [9.17, 15) is 4.79 Å². The van der Waals surface area contributed by atoms with Gasteiger partial charge in [0.05, 0.1) is 10.7 Å². The largest absolute Gasteiger partial charge is 0.292 e. The van der Waals surface area contributed by atoms with Crippen LogP contribution < -0.4 is 0 Å². The van der Waals surface area contributed by atoms with E-state index in [0.29, 0.717) is 12.1 Å². The van der Waals surface area contributed by atoms with Crippen molar-refractivity contribution in [1.29, 1.82) is 0 Å². The van der Waals surface area contributed by atoms with Gasteiger partial charge in [0, 0.05) is 24.5 Å². The summed E-state index contributed by atoms with van der Waals surface area (Å²) < 4.78 is 6.27. The van der Waals surface area contributed by atoms with Crippen molar-refractivity contribution >= 4 is 33.2 Å². The van der Waals surface area contributed by atoms with Gasteiger partial charge in [-0.05, 0) is 33.5 Å². The average Bonchev–Trinajstić information content (AvgIpc) is 2.77. The Morgan fingerprint density at radius 2 is 2.47 bits per heavy atom. The van der Waals surface area contributed by atoms with E-state index in [1.54, 1.807) is 24.1 Å². The molecule has 0 N–H and O–H groups in total. The maximum absolute atomic E-state index is 11.9. The molecule has 2 rings (SSSR count). The minimum atomic E-state index is 0.0473. The van der Waals surface area contributed by atoms with Gasteiger partial charge in [-0.25, -0.2) is 4.37 Å². The number of hydrogen-bond donors (Lipinski definition) is 0. The van der Waals surface area contributed by atoms with Gasteiger partial charge in [-0.3, -0.25) is 9.48 Å². The predicted molar refractivity (Wildman–Crippen MR) is 61.1 cm³/mol. The van der Waals surface area contributed by atoms with Crippen molar-refractivity contribution in [3.05, 3.63) is 33.5 Å². The van der Waals surface area contributed by atoms with Gasteiger partial charge in [0.1, 0.15) is 5.69 Å². The van der Waals surface area contributed by atoms with E-state index in [1.165, 1.54) is 11.5 Å². The number of aromatic nitrogens is 3. The van der Waals surface area contributed by atoms with Crippen LogP contribution in [0.2, 0.25) is 0 Å². The third kappa shape index (κ3) is 2.15. The molecule has 0 unspecified atom stereocenters. The summed E-state index contributed by atoms with van der Waals surface area (Å²) in [4.78, 5) is 12.9. The molecule has 0 amide bonds. The van der Waals surface area contributed by atoms with Crippen LogP contribution in [0.4, 0.5) is 0 Å². The summed E-state index contributed by atoms with van der Waals surface area (Å²) in [5.74, 6) is 0.0473. The third-order valence-electron chi connectivity index (χ3n) is 1.98. The number of Topliss-reactive ketones (excluding diaryl/α,β-unsaturated/α-hetero) is 1. The number of carbonyl (C=O) groups excluding carboxylic acids is 1. The number of hydrogen-bond acceptors (Lipinski definition) is 4. The highest BCUT2D eigenvalue weighted by Gasteiger charge is 2.15. The highest BCUT2D eigenvalue weighted by Crippen LogP contribution is 2.18. The van der Waals surface area contributed by atoms with Crippen molar-refractivity contribution < 1.29 is 4.79 Å². The lowest BCUT2D eigenvalue weighted by Gasteiger charge is -2.00. The topological polar surface area (TPSA) is 47.8 Å². The molecule has 0 radical (unpaired) electrons. The third-order valence-corrected chi connectivity index (χ3v) is 3.31. The standard InChI is InChI=1S/C9H8BrN3OS/c1-13-9(7(10)5-11-13)8(14)4-6-2-3-12-15-6/h2-3,5H,4H2,1H3. The molecule has 0 bridgehead atoms. The highest BCUT2D eigenvalue weighted by atomic mass is 79.9. The molecule has 0 saturated carbocycles. The Hall–Kier alpha value is -1.01. The first-order valence-corrected chi connectivity index (χ1v) is 5.85. The minimum absolute atomic E-state index is 0.0473. The van der Waals surface area contributed by atoms with Crippen LogP contribution in [-0.2, 0) is 13.5 Å². The maximum Gasteiger partial charge on any atom is 0.187 e. The Balaban J connectivity index is 2.22. The van der Waals surface area contributed by atoms with E-state index >= 15 is 0 Å². The molecular formula is C9H8BrN3OS. The summed E-state index contributed by atoms with van der Waals surface area (Å²) in [5.41, 5.74) is 0.600. The van der Waals surface area contributed by atoms with Crippen molar-refractivity contribution in [1.82, 2.24) is 14.2 Å². The molecule has 0 aliphatic rings. The highest BCUT2D eigenvalue weighted by molar-refractivity contribution is 9.10. The molecule has 6 heteroatoms. The normalized spacial score (nSPS) is 10.5. The van der Waals surface area contributed by atoms with E-state index in [-0.39, 0.29) is 5.78 Å². The zero-order valence-electron chi connectivity index (χ0n) is 7.98. The second kappa shape index (κ2) is 4.24. The molecule has 0 fully saturated rings. The molecule has 0 aromatic carbocycles. The van der Waals surface area contributed by atoms with Crippen LogP contribution in [0.1, 0.15) is 15.4 Å². The first-order valence-electron chi connectivity index (χ1n) is 4.28. The summed E-state index contributed by atoms with van der Waals surface area (Å²) in [6.45, 7) is 0. The van der Waals surface area contributed by atoms with Crippen LogP contribution in [0, 0.1) is 0 Å². The second-order valence-electron chi connectivity index (χ2n) is 3.04. The van der Waals surface area contributed by atoms with Crippen molar-refractivity contribution in [3.63, 3.8) is 0 Å². The van der Waals surface area contributed by atoms with Gasteiger partial charge in [0.2, 0.25) is 0 Å². The summed E-state index contributed by atoms with van der Waals surface area (Å²) in [7, 11) is 1.75. The fraction of sp³-hybridized carbons (Fsp3) is 0.222. The molecule has 0 atom stereocenters. The monoisotopic (exact) mass is 285 g/mol. The smallest absolute Gasteiger partial charge is 0.187 e. The Bertz CT molecular complexity index is 458. The summed E-state index contributed by atoms with van der Waals surface area (Å²) in [5, 5.41) is 4.00. The van der Waals surface area contributed by atoms with Gasteiger partial charge in [-0.1, -0.05) is 0 Å². The molecule has 0 aliphatic heterocycles.